The highest BCUT2D eigenvalue weighted by atomic mass is 32.1. The Morgan fingerprint density at radius 2 is 1.84 bits per heavy atom. The third kappa shape index (κ3) is 5.16. The Bertz CT molecular complexity index is 1110. The van der Waals surface area contributed by atoms with Crippen LogP contribution in [0.4, 0.5) is 0 Å². The van der Waals surface area contributed by atoms with Crippen LogP contribution >= 0.6 is 11.3 Å². The SMILES string of the molecule is COc1ccc(-c2nc(C(=O)OCC(=O)NC(C)c3ccc4c(c3)CCCC4)cs2)cc1. The molecule has 1 atom stereocenters. The third-order valence-corrected chi connectivity index (χ3v) is 6.53. The van der Waals surface area contributed by atoms with Crippen LogP contribution in [-0.2, 0) is 22.4 Å². The maximum atomic E-state index is 12.3. The lowest BCUT2D eigenvalue weighted by atomic mass is 9.89. The van der Waals surface area contributed by atoms with E-state index in [1.165, 1.54) is 35.3 Å². The van der Waals surface area contributed by atoms with Gasteiger partial charge in [-0.15, -0.1) is 11.3 Å². The summed E-state index contributed by atoms with van der Waals surface area (Å²) in [5.74, 6) is -0.202. The van der Waals surface area contributed by atoms with Crippen LogP contribution in [0.15, 0.2) is 47.8 Å². The van der Waals surface area contributed by atoms with Crippen molar-refractivity contribution >= 4 is 23.2 Å². The lowest BCUT2D eigenvalue weighted by molar-refractivity contribution is -0.124. The molecule has 1 aliphatic rings. The molecule has 7 heteroatoms. The number of carbonyl (C=O) groups is 2. The first kappa shape index (κ1) is 22.0. The number of aromatic nitrogens is 1. The molecule has 0 aliphatic heterocycles. The van der Waals surface area contributed by atoms with Gasteiger partial charge in [0.05, 0.1) is 13.2 Å². The number of esters is 1. The van der Waals surface area contributed by atoms with E-state index in [2.05, 4.69) is 28.5 Å². The molecule has 32 heavy (non-hydrogen) atoms. The van der Waals surface area contributed by atoms with Gasteiger partial charge in [-0.1, -0.05) is 18.2 Å². The number of hydrogen-bond donors (Lipinski definition) is 1. The number of thiazole rings is 1. The Morgan fingerprint density at radius 3 is 2.59 bits per heavy atom. The molecule has 0 saturated heterocycles. The molecule has 0 radical (unpaired) electrons. The van der Waals surface area contributed by atoms with E-state index in [0.29, 0.717) is 5.01 Å². The lowest BCUT2D eigenvalue weighted by Crippen LogP contribution is -2.31. The van der Waals surface area contributed by atoms with E-state index in [-0.39, 0.29) is 24.2 Å². The Labute approximate surface area is 191 Å². The molecular formula is C25H26N2O4S. The lowest BCUT2D eigenvalue weighted by Gasteiger charge is -2.20. The molecular weight excluding hydrogens is 424 g/mol. The van der Waals surface area contributed by atoms with Crippen molar-refractivity contribution in [3.05, 3.63) is 70.2 Å². The normalized spacial score (nSPS) is 13.7. The molecule has 0 spiro atoms. The predicted octanol–water partition coefficient (Wildman–Crippen LogP) is 4.73. The van der Waals surface area contributed by atoms with Crippen molar-refractivity contribution in [1.29, 1.82) is 0 Å². The minimum Gasteiger partial charge on any atom is -0.497 e. The van der Waals surface area contributed by atoms with E-state index in [0.717, 1.165) is 29.7 Å². The Hall–Kier alpha value is -3.19. The highest BCUT2D eigenvalue weighted by molar-refractivity contribution is 7.13. The summed E-state index contributed by atoms with van der Waals surface area (Å²) in [5, 5.41) is 5.24. The van der Waals surface area contributed by atoms with Crippen molar-refractivity contribution in [1.82, 2.24) is 10.3 Å². The smallest absolute Gasteiger partial charge is 0.358 e. The molecule has 1 heterocycles. The molecule has 1 unspecified atom stereocenters. The van der Waals surface area contributed by atoms with Crippen molar-refractivity contribution in [2.75, 3.05) is 13.7 Å². The summed E-state index contributed by atoms with van der Waals surface area (Å²) in [5.41, 5.74) is 4.92. The first-order valence-electron chi connectivity index (χ1n) is 10.7. The van der Waals surface area contributed by atoms with Gasteiger partial charge in [-0.05, 0) is 73.6 Å². The molecule has 3 aromatic rings. The minimum atomic E-state index is -0.613. The topological polar surface area (TPSA) is 77.5 Å². The van der Waals surface area contributed by atoms with E-state index < -0.39 is 5.97 Å². The van der Waals surface area contributed by atoms with Gasteiger partial charge in [0.1, 0.15) is 10.8 Å². The van der Waals surface area contributed by atoms with Gasteiger partial charge in [0.2, 0.25) is 0 Å². The Kier molecular flexibility index (Phi) is 6.85. The number of methoxy groups -OCH3 is 1. The van der Waals surface area contributed by atoms with E-state index >= 15 is 0 Å². The van der Waals surface area contributed by atoms with E-state index in [9.17, 15) is 9.59 Å². The first-order chi connectivity index (χ1) is 15.5. The van der Waals surface area contributed by atoms with Crippen molar-refractivity contribution in [3.8, 4) is 16.3 Å². The standard InChI is InChI=1S/C25H26N2O4S/c1-16(19-8-7-17-5-3-4-6-20(17)13-19)26-23(28)14-31-25(29)22-15-32-24(27-22)18-9-11-21(30-2)12-10-18/h7-13,15-16H,3-6,14H2,1-2H3,(H,26,28). The Balaban J connectivity index is 1.30. The van der Waals surface area contributed by atoms with E-state index in [4.69, 9.17) is 9.47 Å². The molecule has 4 rings (SSSR count). The summed E-state index contributed by atoms with van der Waals surface area (Å²) >= 11 is 1.34. The number of carbonyl (C=O) groups excluding carboxylic acids is 2. The number of benzene rings is 2. The summed E-state index contributed by atoms with van der Waals surface area (Å²) in [6.07, 6.45) is 4.67. The zero-order chi connectivity index (χ0) is 22.5. The van der Waals surface area contributed by atoms with Crippen LogP contribution in [0.25, 0.3) is 10.6 Å². The van der Waals surface area contributed by atoms with E-state index in [1.807, 2.05) is 31.2 Å². The maximum absolute atomic E-state index is 12.3. The third-order valence-electron chi connectivity index (χ3n) is 5.63. The number of ether oxygens (including phenoxy) is 2. The van der Waals surface area contributed by atoms with Crippen LogP contribution in [0.5, 0.6) is 5.75 Å². The molecule has 1 amide bonds. The Morgan fingerprint density at radius 1 is 1.09 bits per heavy atom. The molecule has 0 saturated carbocycles. The number of amides is 1. The van der Waals surface area contributed by atoms with Crippen molar-refractivity contribution in [2.24, 2.45) is 0 Å². The average Bonchev–Trinajstić information content (AvgIpc) is 3.32. The molecule has 0 bridgehead atoms. The molecule has 1 aliphatic carbocycles. The second-order valence-corrected chi connectivity index (χ2v) is 8.73. The van der Waals surface area contributed by atoms with Crippen LogP contribution in [0.1, 0.15) is 53.0 Å². The van der Waals surface area contributed by atoms with Gasteiger partial charge in [0.25, 0.3) is 5.91 Å². The van der Waals surface area contributed by atoms with Crippen LogP contribution < -0.4 is 10.1 Å². The van der Waals surface area contributed by atoms with Gasteiger partial charge in [-0.2, -0.15) is 0 Å². The number of nitrogens with zero attached hydrogens (tertiary/aromatic N) is 1. The molecule has 2 aromatic carbocycles. The molecule has 1 N–H and O–H groups in total. The van der Waals surface area contributed by atoms with Gasteiger partial charge in [0.15, 0.2) is 12.3 Å². The van der Waals surface area contributed by atoms with Gasteiger partial charge < -0.3 is 14.8 Å². The fourth-order valence-corrected chi connectivity index (χ4v) is 4.62. The quantitative estimate of drug-likeness (QED) is 0.527. The van der Waals surface area contributed by atoms with E-state index in [1.54, 1.807) is 12.5 Å². The van der Waals surface area contributed by atoms with Crippen LogP contribution in [0.3, 0.4) is 0 Å². The highest BCUT2D eigenvalue weighted by Crippen LogP contribution is 2.26. The largest absolute Gasteiger partial charge is 0.497 e. The second kappa shape index (κ2) is 9.96. The number of rotatable bonds is 7. The van der Waals surface area contributed by atoms with Crippen molar-refractivity contribution in [2.45, 2.75) is 38.6 Å². The van der Waals surface area contributed by atoms with Crippen molar-refractivity contribution in [3.63, 3.8) is 0 Å². The highest BCUT2D eigenvalue weighted by Gasteiger charge is 2.17. The molecule has 1 aromatic heterocycles. The summed E-state index contributed by atoms with van der Waals surface area (Å²) in [6.45, 7) is 1.59. The maximum Gasteiger partial charge on any atom is 0.358 e. The summed E-state index contributed by atoms with van der Waals surface area (Å²) in [7, 11) is 1.61. The zero-order valence-corrected chi connectivity index (χ0v) is 19.0. The summed E-state index contributed by atoms with van der Waals surface area (Å²) in [6, 6.07) is 13.7. The fourth-order valence-electron chi connectivity index (χ4n) is 3.83. The average molecular weight is 451 g/mol. The van der Waals surface area contributed by atoms with Gasteiger partial charge in [0, 0.05) is 10.9 Å². The number of hydrogen-bond acceptors (Lipinski definition) is 6. The molecule has 166 valence electrons. The van der Waals surface area contributed by atoms with Gasteiger partial charge in [-0.3, -0.25) is 4.79 Å². The van der Waals surface area contributed by atoms with Gasteiger partial charge in [-0.25, -0.2) is 9.78 Å². The van der Waals surface area contributed by atoms with Crippen molar-refractivity contribution < 1.29 is 19.1 Å². The number of fused-ring (bicyclic) bond motifs is 1. The predicted molar refractivity (Wildman–Crippen MR) is 124 cm³/mol. The van der Waals surface area contributed by atoms with Crippen LogP contribution in [0.2, 0.25) is 0 Å². The first-order valence-corrected chi connectivity index (χ1v) is 11.6. The molecule has 0 fully saturated rings. The van der Waals surface area contributed by atoms with Crippen LogP contribution in [-0.4, -0.2) is 30.6 Å². The molecule has 6 nitrogen and oxygen atoms in total. The summed E-state index contributed by atoms with van der Waals surface area (Å²) < 4.78 is 10.3. The van der Waals surface area contributed by atoms with Gasteiger partial charge >= 0.3 is 5.97 Å². The monoisotopic (exact) mass is 450 g/mol. The minimum absolute atomic E-state index is 0.158. The number of aryl methyl sites for hydroxylation is 2. The second-order valence-electron chi connectivity index (χ2n) is 7.87. The van der Waals surface area contributed by atoms with Crippen LogP contribution in [0, 0.1) is 0 Å². The zero-order valence-electron chi connectivity index (χ0n) is 18.2. The fraction of sp³-hybridized carbons (Fsp3) is 0.320. The summed E-state index contributed by atoms with van der Waals surface area (Å²) in [4.78, 5) is 29.0. The number of nitrogens with one attached hydrogen (secondary N) is 1.